The third kappa shape index (κ3) is 4.72. The van der Waals surface area contributed by atoms with Crippen LogP contribution in [0, 0.1) is 18.3 Å². The van der Waals surface area contributed by atoms with Crippen molar-refractivity contribution in [3.05, 3.63) is 61.8 Å². The van der Waals surface area contributed by atoms with Crippen molar-refractivity contribution < 1.29 is 9.59 Å². The second kappa shape index (κ2) is 8.61. The average Bonchev–Trinajstić information content (AvgIpc) is 3.17. The third-order valence-corrected chi connectivity index (χ3v) is 6.30. The van der Waals surface area contributed by atoms with E-state index in [1.54, 1.807) is 12.1 Å². The number of halogens is 1. The average molecular weight is 418 g/mol. The zero-order valence-corrected chi connectivity index (χ0v) is 16.8. The van der Waals surface area contributed by atoms with Crippen molar-refractivity contribution in [3.63, 3.8) is 0 Å². The first-order valence-electron chi connectivity index (χ1n) is 8.14. The fourth-order valence-corrected chi connectivity index (χ4v) is 4.60. The van der Waals surface area contributed by atoms with Crippen LogP contribution in [0.15, 0.2) is 46.3 Å². The van der Waals surface area contributed by atoms with E-state index in [4.69, 9.17) is 11.6 Å². The quantitative estimate of drug-likeness (QED) is 0.754. The molecule has 1 aliphatic rings. The van der Waals surface area contributed by atoms with Crippen LogP contribution in [0.3, 0.4) is 0 Å². The molecule has 0 bridgehead atoms. The van der Waals surface area contributed by atoms with Crippen molar-refractivity contribution in [2.75, 3.05) is 11.1 Å². The molecule has 1 aromatic carbocycles. The van der Waals surface area contributed by atoms with Gasteiger partial charge in [-0.25, -0.2) is 0 Å². The number of nitrogens with one attached hydrogen (secondary N) is 2. The molecule has 0 spiro atoms. The zero-order valence-electron chi connectivity index (χ0n) is 14.4. The Hall–Kier alpha value is -2.27. The summed E-state index contributed by atoms with van der Waals surface area (Å²) in [4.78, 5) is 25.4. The van der Waals surface area contributed by atoms with Crippen LogP contribution in [0.5, 0.6) is 0 Å². The number of anilines is 1. The number of thioether (sulfide) groups is 1. The molecule has 138 valence electrons. The first-order chi connectivity index (χ1) is 13.0. The molecule has 3 rings (SSSR count). The van der Waals surface area contributed by atoms with Crippen LogP contribution in [-0.4, -0.2) is 17.6 Å². The van der Waals surface area contributed by atoms with Crippen molar-refractivity contribution in [2.45, 2.75) is 19.3 Å². The van der Waals surface area contributed by atoms with Gasteiger partial charge in [-0.1, -0.05) is 35.5 Å². The Labute approximate surface area is 170 Å². The second-order valence-corrected chi connectivity index (χ2v) is 8.37. The lowest BCUT2D eigenvalue weighted by Crippen LogP contribution is -2.31. The van der Waals surface area contributed by atoms with Gasteiger partial charge < -0.3 is 10.6 Å². The molecular weight excluding hydrogens is 402 g/mol. The summed E-state index contributed by atoms with van der Waals surface area (Å²) in [5.41, 5.74) is 2.04. The van der Waals surface area contributed by atoms with E-state index in [0.717, 1.165) is 22.2 Å². The number of thiophene rings is 1. The molecule has 0 fully saturated rings. The maximum absolute atomic E-state index is 12.3. The van der Waals surface area contributed by atoms with E-state index in [9.17, 15) is 14.9 Å². The van der Waals surface area contributed by atoms with Gasteiger partial charge in [0.15, 0.2) is 0 Å². The molecule has 2 heterocycles. The van der Waals surface area contributed by atoms with Gasteiger partial charge in [0.05, 0.1) is 22.4 Å². The number of rotatable bonds is 5. The lowest BCUT2D eigenvalue weighted by atomic mass is 9.93. The lowest BCUT2D eigenvalue weighted by molar-refractivity contribution is -0.121. The highest BCUT2D eigenvalue weighted by atomic mass is 35.5. The van der Waals surface area contributed by atoms with E-state index in [1.165, 1.54) is 11.3 Å². The molecule has 8 heteroatoms. The Morgan fingerprint density at radius 2 is 2.30 bits per heavy atom. The van der Waals surface area contributed by atoms with Gasteiger partial charge in [-0.05, 0) is 36.1 Å². The summed E-state index contributed by atoms with van der Waals surface area (Å²) in [5.74, 6) is -0.572. The fourth-order valence-electron chi connectivity index (χ4n) is 2.72. The van der Waals surface area contributed by atoms with E-state index in [-0.39, 0.29) is 29.9 Å². The zero-order chi connectivity index (χ0) is 19.4. The van der Waals surface area contributed by atoms with Gasteiger partial charge in [-0.15, -0.1) is 11.3 Å². The van der Waals surface area contributed by atoms with E-state index < -0.39 is 0 Å². The molecule has 0 aliphatic carbocycles. The van der Waals surface area contributed by atoms with Crippen LogP contribution in [0.25, 0.3) is 0 Å². The number of aryl methyl sites for hydroxylation is 1. The number of amides is 2. The van der Waals surface area contributed by atoms with Crippen molar-refractivity contribution in [2.24, 2.45) is 0 Å². The highest BCUT2D eigenvalue weighted by molar-refractivity contribution is 8.03. The molecule has 1 aromatic heterocycles. The summed E-state index contributed by atoms with van der Waals surface area (Å²) in [6.07, 6.45) is 0.237. The number of carbonyl (C=O) groups is 2. The molecule has 5 nitrogen and oxygen atoms in total. The van der Waals surface area contributed by atoms with Crippen molar-refractivity contribution in [1.82, 2.24) is 5.32 Å². The monoisotopic (exact) mass is 417 g/mol. The highest BCUT2D eigenvalue weighted by Crippen LogP contribution is 2.37. The van der Waals surface area contributed by atoms with E-state index in [2.05, 4.69) is 16.7 Å². The first-order valence-corrected chi connectivity index (χ1v) is 10.4. The molecule has 2 aromatic rings. The Kier molecular flexibility index (Phi) is 6.22. The standard InChI is InChI=1S/C19H16ClN3O2S2/c1-11-4-5-12(20)7-15(11)22-18(25)10-27-19-14(9-21)13(8-17(24)23-19)16-3-2-6-26-16/h2-7,13H,8,10H2,1H3,(H,22,25)(H,23,24)/t13-/m1/s1. The summed E-state index contributed by atoms with van der Waals surface area (Å²) in [7, 11) is 0. The van der Waals surface area contributed by atoms with Gasteiger partial charge in [0.2, 0.25) is 11.8 Å². The number of allylic oxidation sites excluding steroid dienone is 1. The normalized spacial score (nSPS) is 16.6. The maximum atomic E-state index is 12.3. The number of carbonyl (C=O) groups excluding carboxylic acids is 2. The van der Waals surface area contributed by atoms with Crippen LogP contribution in [-0.2, 0) is 9.59 Å². The Morgan fingerprint density at radius 1 is 1.48 bits per heavy atom. The summed E-state index contributed by atoms with van der Waals surface area (Å²) in [6.45, 7) is 1.88. The van der Waals surface area contributed by atoms with Crippen molar-refractivity contribution in [1.29, 1.82) is 5.26 Å². The molecule has 27 heavy (non-hydrogen) atoms. The van der Waals surface area contributed by atoms with E-state index in [0.29, 0.717) is 21.3 Å². The number of benzene rings is 1. The van der Waals surface area contributed by atoms with Crippen molar-refractivity contribution in [3.8, 4) is 6.07 Å². The molecule has 0 unspecified atom stereocenters. The first kappa shape index (κ1) is 19.5. The summed E-state index contributed by atoms with van der Waals surface area (Å²) < 4.78 is 0. The van der Waals surface area contributed by atoms with Gasteiger partial charge in [0, 0.05) is 27.9 Å². The molecule has 0 saturated heterocycles. The predicted octanol–water partition coefficient (Wildman–Crippen LogP) is 4.42. The summed E-state index contributed by atoms with van der Waals surface area (Å²) in [6, 6.07) is 11.3. The van der Waals surface area contributed by atoms with Crippen LogP contribution in [0.2, 0.25) is 5.02 Å². The minimum absolute atomic E-state index is 0.0733. The molecule has 2 N–H and O–H groups in total. The Bertz CT molecular complexity index is 948. The third-order valence-electron chi connectivity index (χ3n) is 4.06. The Morgan fingerprint density at radius 3 is 3.00 bits per heavy atom. The number of nitriles is 1. The fraction of sp³-hybridized carbons (Fsp3) is 0.211. The van der Waals surface area contributed by atoms with E-state index in [1.807, 2.05) is 30.5 Å². The SMILES string of the molecule is Cc1ccc(Cl)cc1NC(=O)CSC1=C(C#N)[C@H](c2cccs2)CC(=O)N1. The van der Waals surface area contributed by atoms with Gasteiger partial charge >= 0.3 is 0 Å². The second-order valence-electron chi connectivity index (χ2n) is 5.97. The minimum atomic E-state index is -0.260. The molecule has 0 radical (unpaired) electrons. The Balaban J connectivity index is 1.73. The number of hydrogen-bond acceptors (Lipinski definition) is 5. The van der Waals surface area contributed by atoms with Crippen LogP contribution < -0.4 is 10.6 Å². The molecule has 1 aliphatic heterocycles. The molecular formula is C19H16ClN3O2S2. The smallest absolute Gasteiger partial charge is 0.234 e. The van der Waals surface area contributed by atoms with Gasteiger partial charge in [-0.3, -0.25) is 9.59 Å². The van der Waals surface area contributed by atoms with Crippen molar-refractivity contribution >= 4 is 52.2 Å². The molecule has 1 atom stereocenters. The number of hydrogen-bond donors (Lipinski definition) is 2. The number of nitrogens with zero attached hydrogens (tertiary/aromatic N) is 1. The van der Waals surface area contributed by atoms with Crippen LogP contribution in [0.1, 0.15) is 22.8 Å². The van der Waals surface area contributed by atoms with Gasteiger partial charge in [0.1, 0.15) is 0 Å². The minimum Gasteiger partial charge on any atom is -0.325 e. The molecule has 2 amide bonds. The maximum Gasteiger partial charge on any atom is 0.234 e. The topological polar surface area (TPSA) is 82.0 Å². The van der Waals surface area contributed by atoms with E-state index >= 15 is 0 Å². The highest BCUT2D eigenvalue weighted by Gasteiger charge is 2.30. The summed E-state index contributed by atoms with van der Waals surface area (Å²) in [5, 5.41) is 18.1. The van der Waals surface area contributed by atoms with Crippen LogP contribution >= 0.6 is 34.7 Å². The lowest BCUT2D eigenvalue weighted by Gasteiger charge is -2.23. The largest absolute Gasteiger partial charge is 0.325 e. The van der Waals surface area contributed by atoms with Crippen LogP contribution in [0.4, 0.5) is 5.69 Å². The van der Waals surface area contributed by atoms with Gasteiger partial charge in [0.25, 0.3) is 0 Å². The predicted molar refractivity (Wildman–Crippen MR) is 110 cm³/mol. The van der Waals surface area contributed by atoms with Gasteiger partial charge in [-0.2, -0.15) is 5.26 Å². The summed E-state index contributed by atoms with van der Waals surface area (Å²) >= 11 is 8.64. The molecule has 0 saturated carbocycles.